The highest BCUT2D eigenvalue weighted by molar-refractivity contribution is 5.39. The zero-order valence-corrected chi connectivity index (χ0v) is 11.1. The maximum atomic E-state index is 4.19. The van der Waals surface area contributed by atoms with Crippen LogP contribution >= 0.6 is 0 Å². The monoisotopic (exact) mass is 254 g/mol. The van der Waals surface area contributed by atoms with Gasteiger partial charge in [0.15, 0.2) is 5.82 Å². The molecular formula is C15H18N4. The second-order valence-electron chi connectivity index (χ2n) is 5.28. The molecule has 1 unspecified atom stereocenters. The van der Waals surface area contributed by atoms with Crippen LogP contribution in [0, 0.1) is 5.92 Å². The molecule has 1 aliphatic rings. The number of aromatic nitrogens is 3. The van der Waals surface area contributed by atoms with Gasteiger partial charge in [-0.25, -0.2) is 0 Å². The maximum Gasteiger partial charge on any atom is 0.151 e. The van der Waals surface area contributed by atoms with Gasteiger partial charge in [-0.1, -0.05) is 13.0 Å². The van der Waals surface area contributed by atoms with Gasteiger partial charge >= 0.3 is 0 Å². The molecule has 0 aliphatic carbocycles. The minimum absolute atomic E-state index is 0.572. The lowest BCUT2D eigenvalue weighted by Gasteiger charge is -2.41. The SMILES string of the molecule is CC(CC1CN(c2cccnn2)C1)c1cccnc1. The first-order chi connectivity index (χ1) is 9.33. The maximum absolute atomic E-state index is 4.19. The lowest BCUT2D eigenvalue weighted by molar-refractivity contribution is 0.358. The third-order valence-corrected chi connectivity index (χ3v) is 3.78. The van der Waals surface area contributed by atoms with Crippen LogP contribution in [0.3, 0.4) is 0 Å². The zero-order valence-electron chi connectivity index (χ0n) is 11.1. The Morgan fingerprint density at radius 1 is 1.26 bits per heavy atom. The lowest BCUT2D eigenvalue weighted by Crippen LogP contribution is -2.47. The van der Waals surface area contributed by atoms with Crippen molar-refractivity contribution >= 4 is 5.82 Å². The van der Waals surface area contributed by atoms with Crippen molar-refractivity contribution < 1.29 is 0 Å². The number of anilines is 1. The van der Waals surface area contributed by atoms with Crippen LogP contribution in [0.2, 0.25) is 0 Å². The van der Waals surface area contributed by atoms with Gasteiger partial charge in [-0.2, -0.15) is 5.10 Å². The average molecular weight is 254 g/mol. The highest BCUT2D eigenvalue weighted by Gasteiger charge is 2.29. The van der Waals surface area contributed by atoms with E-state index in [-0.39, 0.29) is 0 Å². The predicted octanol–water partition coefficient (Wildman–Crippen LogP) is 2.50. The summed E-state index contributed by atoms with van der Waals surface area (Å²) in [4.78, 5) is 6.48. The fraction of sp³-hybridized carbons (Fsp3) is 0.400. The Kier molecular flexibility index (Phi) is 3.40. The molecule has 0 N–H and O–H groups in total. The smallest absolute Gasteiger partial charge is 0.151 e. The Balaban J connectivity index is 1.52. The number of nitrogens with zero attached hydrogens (tertiary/aromatic N) is 4. The summed E-state index contributed by atoms with van der Waals surface area (Å²) in [6.45, 7) is 4.45. The van der Waals surface area contributed by atoms with Gasteiger partial charge in [0.25, 0.3) is 0 Å². The molecule has 2 aromatic heterocycles. The van der Waals surface area contributed by atoms with Crippen LogP contribution in [0.25, 0.3) is 0 Å². The fourth-order valence-electron chi connectivity index (χ4n) is 2.67. The van der Waals surface area contributed by atoms with Crippen molar-refractivity contribution in [1.82, 2.24) is 15.2 Å². The van der Waals surface area contributed by atoms with E-state index in [1.807, 2.05) is 30.6 Å². The number of hydrogen-bond acceptors (Lipinski definition) is 4. The Bertz CT molecular complexity index is 508. The zero-order chi connectivity index (χ0) is 13.1. The van der Waals surface area contributed by atoms with Crippen molar-refractivity contribution in [3.05, 3.63) is 48.4 Å². The molecule has 0 aromatic carbocycles. The van der Waals surface area contributed by atoms with Gasteiger partial charge in [-0.3, -0.25) is 4.98 Å². The minimum Gasteiger partial charge on any atom is -0.354 e. The highest BCUT2D eigenvalue weighted by Crippen LogP contribution is 2.30. The molecule has 3 heterocycles. The largest absolute Gasteiger partial charge is 0.354 e. The van der Waals surface area contributed by atoms with E-state index in [0.29, 0.717) is 5.92 Å². The molecule has 0 spiro atoms. The van der Waals surface area contributed by atoms with Crippen molar-refractivity contribution in [3.63, 3.8) is 0 Å². The molecule has 1 aliphatic heterocycles. The first-order valence-electron chi connectivity index (χ1n) is 6.75. The summed E-state index contributed by atoms with van der Waals surface area (Å²) in [6, 6.07) is 8.14. The Labute approximate surface area is 113 Å². The second-order valence-corrected chi connectivity index (χ2v) is 5.28. The molecular weight excluding hydrogens is 236 g/mol. The molecule has 19 heavy (non-hydrogen) atoms. The first-order valence-corrected chi connectivity index (χ1v) is 6.75. The van der Waals surface area contributed by atoms with Crippen molar-refractivity contribution in [1.29, 1.82) is 0 Å². The van der Waals surface area contributed by atoms with E-state index in [1.165, 1.54) is 12.0 Å². The molecule has 1 saturated heterocycles. The van der Waals surface area contributed by atoms with Crippen LogP contribution in [-0.2, 0) is 0 Å². The van der Waals surface area contributed by atoms with Crippen LogP contribution < -0.4 is 4.90 Å². The van der Waals surface area contributed by atoms with Crippen molar-refractivity contribution in [2.24, 2.45) is 5.92 Å². The molecule has 3 rings (SSSR count). The molecule has 0 amide bonds. The Morgan fingerprint density at radius 3 is 2.79 bits per heavy atom. The lowest BCUT2D eigenvalue weighted by atomic mass is 9.86. The topological polar surface area (TPSA) is 41.9 Å². The van der Waals surface area contributed by atoms with E-state index >= 15 is 0 Å². The van der Waals surface area contributed by atoms with Gasteiger partial charge in [-0.05, 0) is 42.0 Å². The summed E-state index contributed by atoms with van der Waals surface area (Å²) in [6.07, 6.45) is 6.73. The molecule has 1 fully saturated rings. The summed E-state index contributed by atoms with van der Waals surface area (Å²) in [5.41, 5.74) is 1.33. The summed E-state index contributed by atoms with van der Waals surface area (Å²) in [5, 5.41) is 8.06. The highest BCUT2D eigenvalue weighted by atomic mass is 15.3. The molecule has 98 valence electrons. The standard InChI is InChI=1S/C15H18N4/c1-12(14-4-2-6-16-9-14)8-13-10-19(11-13)15-5-3-7-17-18-15/h2-7,9,12-13H,8,10-11H2,1H3. The first kappa shape index (κ1) is 12.1. The van der Waals surface area contributed by atoms with E-state index in [4.69, 9.17) is 0 Å². The van der Waals surface area contributed by atoms with Gasteiger partial charge in [-0.15, -0.1) is 5.10 Å². The molecule has 4 heteroatoms. The summed E-state index contributed by atoms with van der Waals surface area (Å²) in [5.74, 6) is 2.31. The molecule has 2 aromatic rings. The van der Waals surface area contributed by atoms with Gasteiger partial charge in [0.1, 0.15) is 0 Å². The van der Waals surface area contributed by atoms with E-state index in [2.05, 4.69) is 33.1 Å². The summed E-state index contributed by atoms with van der Waals surface area (Å²) in [7, 11) is 0. The average Bonchev–Trinajstić information content (AvgIpc) is 2.44. The number of hydrogen-bond donors (Lipinski definition) is 0. The van der Waals surface area contributed by atoms with Crippen LogP contribution in [0.5, 0.6) is 0 Å². The van der Waals surface area contributed by atoms with Gasteiger partial charge in [0, 0.05) is 31.7 Å². The van der Waals surface area contributed by atoms with Crippen LogP contribution in [0.1, 0.15) is 24.8 Å². The molecule has 0 radical (unpaired) electrons. The third-order valence-electron chi connectivity index (χ3n) is 3.78. The Morgan fingerprint density at radius 2 is 2.11 bits per heavy atom. The normalized spacial score (nSPS) is 17.0. The fourth-order valence-corrected chi connectivity index (χ4v) is 2.67. The number of pyridine rings is 1. The van der Waals surface area contributed by atoms with E-state index in [1.54, 1.807) is 6.20 Å². The molecule has 0 saturated carbocycles. The van der Waals surface area contributed by atoms with Crippen molar-refractivity contribution in [2.75, 3.05) is 18.0 Å². The predicted molar refractivity (Wildman–Crippen MR) is 75.0 cm³/mol. The van der Waals surface area contributed by atoms with Crippen LogP contribution in [0.4, 0.5) is 5.82 Å². The summed E-state index contributed by atoms with van der Waals surface area (Å²) < 4.78 is 0. The van der Waals surface area contributed by atoms with Crippen molar-refractivity contribution in [2.45, 2.75) is 19.3 Å². The van der Waals surface area contributed by atoms with Gasteiger partial charge < -0.3 is 4.90 Å². The van der Waals surface area contributed by atoms with E-state index < -0.39 is 0 Å². The quantitative estimate of drug-likeness (QED) is 0.840. The Hall–Kier alpha value is -1.97. The molecule has 1 atom stereocenters. The van der Waals surface area contributed by atoms with E-state index in [0.717, 1.165) is 24.8 Å². The van der Waals surface area contributed by atoms with Crippen molar-refractivity contribution in [3.8, 4) is 0 Å². The minimum atomic E-state index is 0.572. The van der Waals surface area contributed by atoms with Gasteiger partial charge in [0.05, 0.1) is 0 Å². The second kappa shape index (κ2) is 5.34. The number of rotatable bonds is 4. The van der Waals surface area contributed by atoms with Crippen LogP contribution in [0.15, 0.2) is 42.9 Å². The van der Waals surface area contributed by atoms with Crippen LogP contribution in [-0.4, -0.2) is 28.3 Å². The third kappa shape index (κ3) is 2.72. The molecule has 4 nitrogen and oxygen atoms in total. The summed E-state index contributed by atoms with van der Waals surface area (Å²) >= 11 is 0. The van der Waals surface area contributed by atoms with E-state index in [9.17, 15) is 0 Å². The molecule has 0 bridgehead atoms. The van der Waals surface area contributed by atoms with Gasteiger partial charge in [0.2, 0.25) is 0 Å².